The van der Waals surface area contributed by atoms with Crippen LogP contribution in [0.5, 0.6) is 5.75 Å². The highest BCUT2D eigenvalue weighted by atomic mass is 16.5. The van der Waals surface area contributed by atoms with E-state index in [4.69, 9.17) is 4.74 Å². The van der Waals surface area contributed by atoms with E-state index < -0.39 is 5.72 Å². The standard InChI is InChI=1S/C21H23N3O3/c1-2-15-7-9-16(10-8-15)22-20(26)24-13-11-21(12-14-24)23-19(25)17-5-3-4-6-18(17)27-21/h3-10H,2,11-14H2,1H3,(H,22,26)(H,23,25). The number of aryl methyl sites for hydroxylation is 1. The third-order valence-corrected chi connectivity index (χ3v) is 5.25. The molecule has 27 heavy (non-hydrogen) atoms. The molecule has 4 rings (SSSR count). The molecule has 2 heterocycles. The van der Waals surface area contributed by atoms with Gasteiger partial charge in [0.05, 0.1) is 5.56 Å². The third-order valence-electron chi connectivity index (χ3n) is 5.25. The molecule has 2 aromatic carbocycles. The Kier molecular flexibility index (Phi) is 4.48. The average Bonchev–Trinajstić information content (AvgIpc) is 2.69. The van der Waals surface area contributed by atoms with E-state index in [-0.39, 0.29) is 11.9 Å². The number of urea groups is 1. The summed E-state index contributed by atoms with van der Waals surface area (Å²) >= 11 is 0. The highest BCUT2D eigenvalue weighted by Gasteiger charge is 2.43. The fourth-order valence-corrected chi connectivity index (χ4v) is 3.58. The summed E-state index contributed by atoms with van der Waals surface area (Å²) in [7, 11) is 0. The van der Waals surface area contributed by atoms with Crippen molar-refractivity contribution in [1.82, 2.24) is 10.2 Å². The number of hydrogen-bond acceptors (Lipinski definition) is 3. The van der Waals surface area contributed by atoms with Gasteiger partial charge in [0.25, 0.3) is 5.91 Å². The first-order valence-electron chi connectivity index (χ1n) is 9.34. The second-order valence-corrected chi connectivity index (χ2v) is 7.01. The predicted octanol–water partition coefficient (Wildman–Crippen LogP) is 3.40. The fourth-order valence-electron chi connectivity index (χ4n) is 3.58. The van der Waals surface area contributed by atoms with Crippen LogP contribution >= 0.6 is 0 Å². The summed E-state index contributed by atoms with van der Waals surface area (Å²) in [5, 5.41) is 5.93. The highest BCUT2D eigenvalue weighted by molar-refractivity contribution is 5.98. The molecule has 0 aromatic heterocycles. The lowest BCUT2D eigenvalue weighted by Crippen LogP contribution is -2.61. The number of fused-ring (bicyclic) bond motifs is 1. The molecule has 1 spiro atoms. The number of ether oxygens (including phenoxy) is 1. The summed E-state index contributed by atoms with van der Waals surface area (Å²) in [6.45, 7) is 3.13. The number of carbonyl (C=O) groups excluding carboxylic acids is 2. The molecule has 2 aliphatic heterocycles. The largest absolute Gasteiger partial charge is 0.467 e. The van der Waals surface area contributed by atoms with Gasteiger partial charge < -0.3 is 20.3 Å². The Bertz CT molecular complexity index is 855. The first kappa shape index (κ1) is 17.4. The molecule has 0 aliphatic carbocycles. The third kappa shape index (κ3) is 3.47. The fraction of sp³-hybridized carbons (Fsp3) is 0.333. The van der Waals surface area contributed by atoms with Crippen LogP contribution in [0.25, 0.3) is 0 Å². The minimum atomic E-state index is -0.731. The van der Waals surface area contributed by atoms with Gasteiger partial charge in [0.1, 0.15) is 5.75 Å². The van der Waals surface area contributed by atoms with Crippen molar-refractivity contribution in [1.29, 1.82) is 0 Å². The van der Waals surface area contributed by atoms with Gasteiger partial charge in [-0.15, -0.1) is 0 Å². The van der Waals surface area contributed by atoms with Crippen LogP contribution < -0.4 is 15.4 Å². The number of amides is 3. The number of anilines is 1. The predicted molar refractivity (Wildman–Crippen MR) is 103 cm³/mol. The number of nitrogens with zero attached hydrogens (tertiary/aromatic N) is 1. The van der Waals surface area contributed by atoms with Crippen LogP contribution in [0.1, 0.15) is 35.7 Å². The zero-order valence-corrected chi connectivity index (χ0v) is 15.3. The molecule has 2 aliphatic rings. The smallest absolute Gasteiger partial charge is 0.321 e. The topological polar surface area (TPSA) is 70.7 Å². The molecule has 0 saturated carbocycles. The molecular weight excluding hydrogens is 342 g/mol. The molecule has 1 saturated heterocycles. The van der Waals surface area contributed by atoms with E-state index in [2.05, 4.69) is 17.6 Å². The Hall–Kier alpha value is -3.02. The molecular formula is C21H23N3O3. The molecule has 1 fully saturated rings. The van der Waals surface area contributed by atoms with Gasteiger partial charge in [0.15, 0.2) is 5.72 Å². The van der Waals surface area contributed by atoms with Crippen molar-refractivity contribution in [3.05, 3.63) is 59.7 Å². The Morgan fingerprint density at radius 3 is 2.56 bits per heavy atom. The van der Waals surface area contributed by atoms with E-state index in [1.54, 1.807) is 11.0 Å². The number of nitrogens with one attached hydrogen (secondary N) is 2. The van der Waals surface area contributed by atoms with Crippen LogP contribution in [0.2, 0.25) is 0 Å². The normalized spacial score (nSPS) is 17.7. The van der Waals surface area contributed by atoms with E-state index in [1.807, 2.05) is 42.5 Å². The quantitative estimate of drug-likeness (QED) is 0.857. The van der Waals surface area contributed by atoms with Crippen LogP contribution in [-0.4, -0.2) is 35.7 Å². The number of piperidine rings is 1. The van der Waals surface area contributed by atoms with E-state index >= 15 is 0 Å². The van der Waals surface area contributed by atoms with E-state index in [0.717, 1.165) is 12.1 Å². The lowest BCUT2D eigenvalue weighted by Gasteiger charge is -2.44. The first-order valence-corrected chi connectivity index (χ1v) is 9.34. The maximum atomic E-state index is 12.5. The second-order valence-electron chi connectivity index (χ2n) is 7.01. The van der Waals surface area contributed by atoms with Crippen LogP contribution in [0, 0.1) is 0 Å². The SMILES string of the molecule is CCc1ccc(NC(=O)N2CCC3(CC2)NC(=O)c2ccccc2O3)cc1. The van der Waals surface area contributed by atoms with Gasteiger partial charge in [-0.25, -0.2) is 4.79 Å². The number of carbonyl (C=O) groups is 2. The lowest BCUT2D eigenvalue weighted by atomic mass is 9.97. The Balaban J connectivity index is 1.38. The van der Waals surface area contributed by atoms with Gasteiger partial charge in [-0.2, -0.15) is 0 Å². The van der Waals surface area contributed by atoms with Crippen LogP contribution in [-0.2, 0) is 6.42 Å². The van der Waals surface area contributed by atoms with Crippen molar-refractivity contribution in [3.63, 3.8) is 0 Å². The monoisotopic (exact) mass is 365 g/mol. The number of benzene rings is 2. The molecule has 0 unspecified atom stereocenters. The Morgan fingerprint density at radius 2 is 1.85 bits per heavy atom. The van der Waals surface area contributed by atoms with Crippen LogP contribution in [0.15, 0.2) is 48.5 Å². The Labute approximate surface area is 158 Å². The summed E-state index contributed by atoms with van der Waals surface area (Å²) in [6.07, 6.45) is 2.07. The summed E-state index contributed by atoms with van der Waals surface area (Å²) in [4.78, 5) is 26.7. The number of hydrogen-bond donors (Lipinski definition) is 2. The summed E-state index contributed by atoms with van der Waals surface area (Å²) in [5.41, 5.74) is 1.84. The highest BCUT2D eigenvalue weighted by Crippen LogP contribution is 2.33. The molecule has 6 heteroatoms. The molecule has 0 bridgehead atoms. The zero-order chi connectivity index (χ0) is 18.9. The van der Waals surface area contributed by atoms with Gasteiger partial charge in [-0.05, 0) is 36.2 Å². The van der Waals surface area contributed by atoms with Gasteiger partial charge in [0, 0.05) is 31.6 Å². The van der Waals surface area contributed by atoms with E-state index in [9.17, 15) is 9.59 Å². The minimum Gasteiger partial charge on any atom is -0.467 e. The van der Waals surface area contributed by atoms with Crippen molar-refractivity contribution >= 4 is 17.6 Å². The van der Waals surface area contributed by atoms with Crippen molar-refractivity contribution in [2.24, 2.45) is 0 Å². The number of likely N-dealkylation sites (tertiary alicyclic amines) is 1. The molecule has 6 nitrogen and oxygen atoms in total. The van der Waals surface area contributed by atoms with Crippen molar-refractivity contribution < 1.29 is 14.3 Å². The minimum absolute atomic E-state index is 0.120. The van der Waals surface area contributed by atoms with Gasteiger partial charge in [0.2, 0.25) is 0 Å². The van der Waals surface area contributed by atoms with Crippen molar-refractivity contribution in [2.75, 3.05) is 18.4 Å². The molecule has 2 aromatic rings. The van der Waals surface area contributed by atoms with E-state index in [0.29, 0.717) is 37.2 Å². The zero-order valence-electron chi connectivity index (χ0n) is 15.3. The maximum Gasteiger partial charge on any atom is 0.321 e. The molecule has 3 amide bonds. The molecule has 0 atom stereocenters. The number of rotatable bonds is 2. The maximum absolute atomic E-state index is 12.5. The summed E-state index contributed by atoms with van der Waals surface area (Å²) in [6, 6.07) is 15.0. The number of para-hydroxylation sites is 1. The van der Waals surface area contributed by atoms with Gasteiger partial charge in [-0.3, -0.25) is 4.79 Å². The second kappa shape index (κ2) is 6.95. The average molecular weight is 365 g/mol. The first-order chi connectivity index (χ1) is 13.1. The van der Waals surface area contributed by atoms with Crippen LogP contribution in [0.3, 0.4) is 0 Å². The lowest BCUT2D eigenvalue weighted by molar-refractivity contribution is -0.0203. The van der Waals surface area contributed by atoms with Gasteiger partial charge >= 0.3 is 6.03 Å². The van der Waals surface area contributed by atoms with Gasteiger partial charge in [-0.1, -0.05) is 31.2 Å². The summed E-state index contributed by atoms with van der Waals surface area (Å²) in [5.74, 6) is 0.487. The Morgan fingerprint density at radius 1 is 1.15 bits per heavy atom. The molecule has 140 valence electrons. The van der Waals surface area contributed by atoms with Crippen molar-refractivity contribution in [2.45, 2.75) is 31.9 Å². The van der Waals surface area contributed by atoms with Crippen molar-refractivity contribution in [3.8, 4) is 5.75 Å². The summed E-state index contributed by atoms with van der Waals surface area (Å²) < 4.78 is 6.11. The van der Waals surface area contributed by atoms with E-state index in [1.165, 1.54) is 5.56 Å². The molecule has 0 radical (unpaired) electrons. The van der Waals surface area contributed by atoms with Crippen LogP contribution in [0.4, 0.5) is 10.5 Å². The molecule has 2 N–H and O–H groups in total.